The van der Waals surface area contributed by atoms with Crippen LogP contribution in [0.3, 0.4) is 0 Å². The number of carbonyl (C=O) groups is 1. The maximum Gasteiger partial charge on any atom is 0.289 e. The topological polar surface area (TPSA) is 77.5 Å². The molecule has 1 atom stereocenters. The summed E-state index contributed by atoms with van der Waals surface area (Å²) in [6, 6.07) is 14.4. The Labute approximate surface area is 171 Å². The summed E-state index contributed by atoms with van der Waals surface area (Å²) in [4.78, 5) is 14.4. The molecular weight excluding hydrogens is 395 g/mol. The van der Waals surface area contributed by atoms with E-state index in [2.05, 4.69) is 6.07 Å². The third-order valence-corrected chi connectivity index (χ3v) is 5.04. The zero-order chi connectivity index (χ0) is 20.5. The molecule has 0 spiro atoms. The SMILES string of the molecule is N#Cc1cccc(-c2oc(C(=O)N3CC[C@@H](O)C3)cc2-c2cc(F)cc(Cl)c2)c1. The Morgan fingerprint density at radius 2 is 2.07 bits per heavy atom. The average molecular weight is 411 g/mol. The smallest absolute Gasteiger partial charge is 0.289 e. The largest absolute Gasteiger partial charge is 0.450 e. The molecule has 0 saturated carbocycles. The highest BCUT2D eigenvalue weighted by atomic mass is 35.5. The molecule has 1 aromatic heterocycles. The first-order chi connectivity index (χ1) is 13.9. The van der Waals surface area contributed by atoms with Crippen molar-refractivity contribution in [3.8, 4) is 28.5 Å². The molecule has 1 fully saturated rings. The first kappa shape index (κ1) is 19.2. The van der Waals surface area contributed by atoms with Crippen LogP contribution in [-0.4, -0.2) is 35.1 Å². The van der Waals surface area contributed by atoms with E-state index < -0.39 is 11.9 Å². The average Bonchev–Trinajstić information content (AvgIpc) is 3.33. The molecule has 2 aromatic carbocycles. The minimum Gasteiger partial charge on any atom is -0.450 e. The number of likely N-dealkylation sites (tertiary alicyclic amines) is 1. The van der Waals surface area contributed by atoms with Crippen LogP contribution in [0.5, 0.6) is 0 Å². The van der Waals surface area contributed by atoms with Gasteiger partial charge in [0.1, 0.15) is 11.6 Å². The highest BCUT2D eigenvalue weighted by molar-refractivity contribution is 6.30. The number of rotatable bonds is 3. The van der Waals surface area contributed by atoms with Gasteiger partial charge in [-0.25, -0.2) is 4.39 Å². The maximum atomic E-state index is 14.0. The second-order valence-electron chi connectivity index (χ2n) is 6.90. The molecule has 29 heavy (non-hydrogen) atoms. The van der Waals surface area contributed by atoms with Crippen molar-refractivity contribution in [2.24, 2.45) is 0 Å². The molecule has 5 nitrogen and oxygen atoms in total. The number of nitrogens with zero attached hydrogens (tertiary/aromatic N) is 2. The van der Waals surface area contributed by atoms with Gasteiger partial charge < -0.3 is 14.4 Å². The molecule has 3 aromatic rings. The van der Waals surface area contributed by atoms with Crippen molar-refractivity contribution in [3.05, 3.63) is 70.7 Å². The summed E-state index contributed by atoms with van der Waals surface area (Å²) in [5.41, 5.74) is 1.96. The third kappa shape index (κ3) is 3.88. The van der Waals surface area contributed by atoms with Gasteiger partial charge in [0.2, 0.25) is 0 Å². The summed E-state index contributed by atoms with van der Waals surface area (Å²) in [5, 5.41) is 19.1. The van der Waals surface area contributed by atoms with E-state index in [1.54, 1.807) is 36.4 Å². The van der Waals surface area contributed by atoms with Crippen LogP contribution in [0.25, 0.3) is 22.5 Å². The van der Waals surface area contributed by atoms with Crippen molar-refractivity contribution in [2.45, 2.75) is 12.5 Å². The first-order valence-electron chi connectivity index (χ1n) is 9.03. The van der Waals surface area contributed by atoms with Crippen LogP contribution in [0.1, 0.15) is 22.5 Å². The van der Waals surface area contributed by atoms with E-state index >= 15 is 0 Å². The lowest BCUT2D eigenvalue weighted by molar-refractivity contribution is 0.0734. The summed E-state index contributed by atoms with van der Waals surface area (Å²) >= 11 is 6.02. The number of hydrogen-bond acceptors (Lipinski definition) is 4. The van der Waals surface area contributed by atoms with Gasteiger partial charge >= 0.3 is 0 Å². The van der Waals surface area contributed by atoms with Gasteiger partial charge in [-0.15, -0.1) is 0 Å². The van der Waals surface area contributed by atoms with Crippen molar-refractivity contribution in [1.82, 2.24) is 4.90 Å². The summed E-state index contributed by atoms with van der Waals surface area (Å²) in [5.74, 6) is -0.451. The molecule has 1 aliphatic rings. The molecule has 1 amide bonds. The normalized spacial score (nSPS) is 16.1. The Balaban J connectivity index is 1.84. The molecule has 1 saturated heterocycles. The Morgan fingerprint density at radius 1 is 1.24 bits per heavy atom. The Hall–Kier alpha value is -3.14. The standard InChI is InChI=1S/C22H16ClFN2O3/c23-16-7-15(8-17(24)9-16)19-10-20(22(28)26-5-4-18(27)12-26)29-21(19)14-3-1-2-13(6-14)11-25/h1-3,6-10,18,27H,4-5,12H2/t18-/m1/s1. The van der Waals surface area contributed by atoms with Crippen molar-refractivity contribution >= 4 is 17.5 Å². The fourth-order valence-electron chi connectivity index (χ4n) is 3.45. The highest BCUT2D eigenvalue weighted by Crippen LogP contribution is 2.37. The minimum absolute atomic E-state index is 0.0758. The second-order valence-corrected chi connectivity index (χ2v) is 7.33. The highest BCUT2D eigenvalue weighted by Gasteiger charge is 2.29. The van der Waals surface area contributed by atoms with E-state index in [1.165, 1.54) is 17.0 Å². The molecule has 0 unspecified atom stereocenters. The predicted molar refractivity (Wildman–Crippen MR) is 106 cm³/mol. The van der Waals surface area contributed by atoms with Crippen molar-refractivity contribution in [1.29, 1.82) is 5.26 Å². The number of furan rings is 1. The Morgan fingerprint density at radius 3 is 2.76 bits per heavy atom. The second kappa shape index (κ2) is 7.70. The van der Waals surface area contributed by atoms with Crippen LogP contribution in [0.2, 0.25) is 5.02 Å². The number of aliphatic hydroxyl groups excluding tert-OH is 1. The zero-order valence-corrected chi connectivity index (χ0v) is 16.0. The van der Waals surface area contributed by atoms with Crippen LogP contribution in [0.4, 0.5) is 4.39 Å². The van der Waals surface area contributed by atoms with Crippen LogP contribution in [-0.2, 0) is 0 Å². The van der Waals surface area contributed by atoms with Crippen LogP contribution in [0.15, 0.2) is 52.9 Å². The molecule has 7 heteroatoms. The first-order valence-corrected chi connectivity index (χ1v) is 9.40. The van der Waals surface area contributed by atoms with Crippen molar-refractivity contribution in [2.75, 3.05) is 13.1 Å². The monoisotopic (exact) mass is 410 g/mol. The Kier molecular flexibility index (Phi) is 5.10. The molecule has 0 radical (unpaired) electrons. The number of aliphatic hydroxyl groups is 1. The molecule has 0 aliphatic carbocycles. The van der Waals surface area contributed by atoms with Gasteiger partial charge in [-0.3, -0.25) is 4.79 Å². The van der Waals surface area contributed by atoms with E-state index in [9.17, 15) is 19.6 Å². The molecule has 4 rings (SSSR count). The molecule has 1 N–H and O–H groups in total. The van der Waals surface area contributed by atoms with Gasteiger partial charge in [-0.05, 0) is 48.4 Å². The third-order valence-electron chi connectivity index (χ3n) is 4.82. The number of amides is 1. The number of benzene rings is 2. The summed E-state index contributed by atoms with van der Waals surface area (Å²) in [7, 11) is 0. The molecule has 146 valence electrons. The van der Waals surface area contributed by atoms with E-state index in [4.69, 9.17) is 16.0 Å². The van der Waals surface area contributed by atoms with Crippen LogP contribution >= 0.6 is 11.6 Å². The number of halogens is 2. The summed E-state index contributed by atoms with van der Waals surface area (Å²) in [6.45, 7) is 0.668. The van der Waals surface area contributed by atoms with Gasteiger partial charge in [-0.2, -0.15) is 5.26 Å². The van der Waals surface area contributed by atoms with E-state index in [0.717, 1.165) is 0 Å². The van der Waals surface area contributed by atoms with E-state index in [0.29, 0.717) is 41.0 Å². The van der Waals surface area contributed by atoms with Gasteiger partial charge in [0, 0.05) is 29.2 Å². The summed E-state index contributed by atoms with van der Waals surface area (Å²) in [6.07, 6.45) is -0.0437. The molecule has 2 heterocycles. The number of β-amino-alcohol motifs (C(OH)–C–C–N with tert-alkyl or cyclic N) is 1. The van der Waals surface area contributed by atoms with Gasteiger partial charge in [0.25, 0.3) is 5.91 Å². The molecule has 0 bridgehead atoms. The van der Waals surface area contributed by atoms with Crippen molar-refractivity contribution in [3.63, 3.8) is 0 Å². The van der Waals surface area contributed by atoms with Gasteiger partial charge in [0.05, 0.1) is 17.7 Å². The van der Waals surface area contributed by atoms with Gasteiger partial charge in [-0.1, -0.05) is 23.7 Å². The van der Waals surface area contributed by atoms with Gasteiger partial charge in [0.15, 0.2) is 5.76 Å². The molecular formula is C22H16ClFN2O3. The van der Waals surface area contributed by atoms with Crippen LogP contribution < -0.4 is 0 Å². The fourth-order valence-corrected chi connectivity index (χ4v) is 3.67. The van der Waals surface area contributed by atoms with Crippen LogP contribution in [0, 0.1) is 17.1 Å². The summed E-state index contributed by atoms with van der Waals surface area (Å²) < 4.78 is 19.9. The quantitative estimate of drug-likeness (QED) is 0.690. The fraction of sp³-hybridized carbons (Fsp3) is 0.182. The van der Waals surface area contributed by atoms with Crippen molar-refractivity contribution < 1.29 is 18.7 Å². The minimum atomic E-state index is -0.554. The van der Waals surface area contributed by atoms with E-state index in [-0.39, 0.29) is 23.2 Å². The zero-order valence-electron chi connectivity index (χ0n) is 15.2. The molecule has 1 aliphatic heterocycles. The lowest BCUT2D eigenvalue weighted by atomic mass is 10.0. The van der Waals surface area contributed by atoms with E-state index in [1.807, 2.05) is 0 Å². The maximum absolute atomic E-state index is 14.0. The Bertz CT molecular complexity index is 1120. The number of nitriles is 1. The number of carbonyl (C=O) groups excluding carboxylic acids is 1. The number of hydrogen-bond donors (Lipinski definition) is 1. The predicted octanol–water partition coefficient (Wildman–Crippen LogP) is 4.48. The lowest BCUT2D eigenvalue weighted by Crippen LogP contribution is -2.29. The lowest BCUT2D eigenvalue weighted by Gasteiger charge is -2.13.